The SMILES string of the molecule is CC(C)c1ncc(CNCC(O)Cc2ccccc2)s1. The van der Waals surface area contributed by atoms with Gasteiger partial charge >= 0.3 is 0 Å². The number of nitrogens with zero attached hydrogens (tertiary/aromatic N) is 1. The van der Waals surface area contributed by atoms with Crippen molar-refractivity contribution in [3.05, 3.63) is 52.0 Å². The van der Waals surface area contributed by atoms with Crippen molar-refractivity contribution in [3.8, 4) is 0 Å². The highest BCUT2D eigenvalue weighted by Crippen LogP contribution is 2.20. The van der Waals surface area contributed by atoms with E-state index in [-0.39, 0.29) is 6.10 Å². The van der Waals surface area contributed by atoms with Gasteiger partial charge in [0.25, 0.3) is 0 Å². The number of aliphatic hydroxyl groups is 1. The van der Waals surface area contributed by atoms with Gasteiger partial charge in [0, 0.05) is 30.1 Å². The van der Waals surface area contributed by atoms with Crippen LogP contribution in [0.2, 0.25) is 0 Å². The first-order chi connectivity index (χ1) is 9.65. The molecule has 2 rings (SSSR count). The van der Waals surface area contributed by atoms with Crippen molar-refractivity contribution in [3.63, 3.8) is 0 Å². The quantitative estimate of drug-likeness (QED) is 0.824. The van der Waals surface area contributed by atoms with Gasteiger partial charge in [-0.25, -0.2) is 4.98 Å². The number of aromatic nitrogens is 1. The van der Waals surface area contributed by atoms with Gasteiger partial charge in [0.2, 0.25) is 0 Å². The van der Waals surface area contributed by atoms with E-state index in [1.165, 1.54) is 15.4 Å². The van der Waals surface area contributed by atoms with Crippen LogP contribution in [0.4, 0.5) is 0 Å². The molecule has 0 aliphatic heterocycles. The van der Waals surface area contributed by atoms with E-state index in [0.29, 0.717) is 18.9 Å². The van der Waals surface area contributed by atoms with Crippen LogP contribution in [0.15, 0.2) is 36.5 Å². The van der Waals surface area contributed by atoms with Gasteiger partial charge in [-0.3, -0.25) is 0 Å². The van der Waals surface area contributed by atoms with Crippen LogP contribution in [0.3, 0.4) is 0 Å². The molecule has 0 radical (unpaired) electrons. The molecule has 0 spiro atoms. The summed E-state index contributed by atoms with van der Waals surface area (Å²) >= 11 is 1.74. The van der Waals surface area contributed by atoms with Gasteiger partial charge in [-0.15, -0.1) is 11.3 Å². The maximum Gasteiger partial charge on any atom is 0.0953 e. The molecule has 0 saturated carbocycles. The van der Waals surface area contributed by atoms with E-state index >= 15 is 0 Å². The molecule has 1 aromatic heterocycles. The Morgan fingerprint density at radius 1 is 1.25 bits per heavy atom. The monoisotopic (exact) mass is 290 g/mol. The van der Waals surface area contributed by atoms with Gasteiger partial charge in [-0.1, -0.05) is 44.2 Å². The largest absolute Gasteiger partial charge is 0.391 e. The van der Waals surface area contributed by atoms with Crippen molar-refractivity contribution in [1.29, 1.82) is 0 Å². The maximum absolute atomic E-state index is 10.00. The second-order valence-electron chi connectivity index (χ2n) is 5.29. The highest BCUT2D eigenvalue weighted by atomic mass is 32.1. The molecule has 20 heavy (non-hydrogen) atoms. The summed E-state index contributed by atoms with van der Waals surface area (Å²) < 4.78 is 0. The van der Waals surface area contributed by atoms with E-state index in [9.17, 15) is 5.11 Å². The Morgan fingerprint density at radius 2 is 2.00 bits per heavy atom. The summed E-state index contributed by atoms with van der Waals surface area (Å²) in [5.41, 5.74) is 1.17. The van der Waals surface area contributed by atoms with Crippen molar-refractivity contribution in [2.75, 3.05) is 6.54 Å². The van der Waals surface area contributed by atoms with E-state index in [1.54, 1.807) is 11.3 Å². The first kappa shape index (κ1) is 15.2. The molecule has 0 aliphatic rings. The molecule has 1 aromatic carbocycles. The van der Waals surface area contributed by atoms with Crippen LogP contribution in [0.25, 0.3) is 0 Å². The third-order valence-electron chi connectivity index (χ3n) is 3.06. The average molecular weight is 290 g/mol. The lowest BCUT2D eigenvalue weighted by Gasteiger charge is -2.11. The fourth-order valence-corrected chi connectivity index (χ4v) is 2.88. The smallest absolute Gasteiger partial charge is 0.0953 e. The third kappa shape index (κ3) is 4.71. The highest BCUT2D eigenvalue weighted by Gasteiger charge is 2.07. The molecule has 1 heterocycles. The van der Waals surface area contributed by atoms with Gasteiger partial charge in [0.05, 0.1) is 11.1 Å². The normalized spacial score (nSPS) is 12.8. The van der Waals surface area contributed by atoms with Crippen LogP contribution in [-0.2, 0) is 13.0 Å². The second-order valence-corrected chi connectivity index (χ2v) is 6.44. The summed E-state index contributed by atoms with van der Waals surface area (Å²) in [5.74, 6) is 0.484. The van der Waals surface area contributed by atoms with Gasteiger partial charge in [-0.05, 0) is 12.0 Å². The van der Waals surface area contributed by atoms with E-state index in [2.05, 4.69) is 24.1 Å². The zero-order valence-electron chi connectivity index (χ0n) is 12.0. The molecule has 0 saturated heterocycles. The number of hydrogen-bond donors (Lipinski definition) is 2. The van der Waals surface area contributed by atoms with Crippen LogP contribution in [0.1, 0.15) is 35.2 Å². The van der Waals surface area contributed by atoms with Crippen molar-refractivity contribution in [1.82, 2.24) is 10.3 Å². The minimum absolute atomic E-state index is 0.352. The van der Waals surface area contributed by atoms with Gasteiger partial charge in [-0.2, -0.15) is 0 Å². The van der Waals surface area contributed by atoms with Crippen LogP contribution < -0.4 is 5.32 Å². The van der Waals surface area contributed by atoms with Crippen molar-refractivity contribution >= 4 is 11.3 Å². The number of nitrogens with one attached hydrogen (secondary N) is 1. The number of benzene rings is 1. The zero-order valence-corrected chi connectivity index (χ0v) is 12.9. The highest BCUT2D eigenvalue weighted by molar-refractivity contribution is 7.11. The lowest BCUT2D eigenvalue weighted by Crippen LogP contribution is -2.27. The molecule has 108 valence electrons. The lowest BCUT2D eigenvalue weighted by molar-refractivity contribution is 0.171. The Kier molecular flexibility index (Phi) is 5.71. The van der Waals surface area contributed by atoms with Crippen molar-refractivity contribution in [2.24, 2.45) is 0 Å². The Bertz CT molecular complexity index is 510. The van der Waals surface area contributed by atoms with Gasteiger partial charge < -0.3 is 10.4 Å². The van der Waals surface area contributed by atoms with Crippen LogP contribution in [0.5, 0.6) is 0 Å². The summed E-state index contributed by atoms with van der Waals surface area (Å²) in [6.07, 6.45) is 2.26. The predicted molar refractivity (Wildman–Crippen MR) is 84.1 cm³/mol. The lowest BCUT2D eigenvalue weighted by atomic mass is 10.1. The minimum atomic E-state index is -0.352. The molecule has 4 heteroatoms. The van der Waals surface area contributed by atoms with E-state index in [4.69, 9.17) is 0 Å². The Labute approximate surface area is 124 Å². The molecule has 1 atom stereocenters. The first-order valence-electron chi connectivity index (χ1n) is 7.02. The van der Waals surface area contributed by atoms with Crippen LogP contribution in [-0.4, -0.2) is 22.7 Å². The predicted octanol–water partition coefficient (Wildman–Crippen LogP) is 2.96. The number of thiazole rings is 1. The number of rotatable bonds is 7. The molecule has 0 bridgehead atoms. The zero-order chi connectivity index (χ0) is 14.4. The standard InChI is InChI=1S/C16H22N2OS/c1-12(2)16-18-11-15(20-16)10-17-9-14(19)8-13-6-4-3-5-7-13/h3-7,11-12,14,17,19H,8-10H2,1-2H3. The molecule has 0 amide bonds. The number of aliphatic hydroxyl groups excluding tert-OH is 1. The van der Waals surface area contributed by atoms with Crippen molar-refractivity contribution < 1.29 is 5.11 Å². The summed E-state index contributed by atoms with van der Waals surface area (Å²) in [5, 5.41) is 14.5. The summed E-state index contributed by atoms with van der Waals surface area (Å²) in [7, 11) is 0. The first-order valence-corrected chi connectivity index (χ1v) is 7.84. The van der Waals surface area contributed by atoms with E-state index < -0.39 is 0 Å². The summed E-state index contributed by atoms with van der Waals surface area (Å²) in [6.45, 7) is 5.68. The van der Waals surface area contributed by atoms with Crippen LogP contribution in [0, 0.1) is 0 Å². The van der Waals surface area contributed by atoms with E-state index in [1.807, 2.05) is 36.5 Å². The summed E-state index contributed by atoms with van der Waals surface area (Å²) in [6, 6.07) is 10.1. The molecule has 0 fully saturated rings. The van der Waals surface area contributed by atoms with Gasteiger partial charge in [0.1, 0.15) is 0 Å². The van der Waals surface area contributed by atoms with E-state index in [0.717, 1.165) is 6.54 Å². The molecule has 3 nitrogen and oxygen atoms in total. The second kappa shape index (κ2) is 7.53. The molecular formula is C16H22N2OS. The molecule has 2 aromatic rings. The topological polar surface area (TPSA) is 45.2 Å². The van der Waals surface area contributed by atoms with Crippen LogP contribution >= 0.6 is 11.3 Å². The molecular weight excluding hydrogens is 268 g/mol. The van der Waals surface area contributed by atoms with Crippen molar-refractivity contribution in [2.45, 2.75) is 38.8 Å². The molecule has 1 unspecified atom stereocenters. The fourth-order valence-electron chi connectivity index (χ4n) is 1.99. The molecule has 0 aliphatic carbocycles. The van der Waals surface area contributed by atoms with Gasteiger partial charge in [0.15, 0.2) is 0 Å². The Balaban J connectivity index is 1.72. The maximum atomic E-state index is 10.00. The fraction of sp³-hybridized carbons (Fsp3) is 0.438. The molecule has 2 N–H and O–H groups in total. The summed E-state index contributed by atoms with van der Waals surface area (Å²) in [4.78, 5) is 5.62. The third-order valence-corrected chi connectivity index (χ3v) is 4.36. The Morgan fingerprint density at radius 3 is 2.65 bits per heavy atom. The average Bonchev–Trinajstić information content (AvgIpc) is 2.89. The Hall–Kier alpha value is -1.23. The number of hydrogen-bond acceptors (Lipinski definition) is 4. The minimum Gasteiger partial charge on any atom is -0.391 e.